The summed E-state index contributed by atoms with van der Waals surface area (Å²) in [7, 11) is -3.68. The maximum atomic E-state index is 13.3. The molecule has 184 valence electrons. The number of halogens is 1. The molecule has 1 aliphatic rings. The Kier molecular flexibility index (Phi) is 7.33. The van der Waals surface area contributed by atoms with Gasteiger partial charge in [-0.2, -0.15) is 0 Å². The number of carbonyl (C=O) groups excluding carboxylic acids is 2. The first kappa shape index (κ1) is 25.0. The third-order valence-corrected chi connectivity index (χ3v) is 8.28. The first-order valence-electron chi connectivity index (χ1n) is 11.6. The number of likely N-dealkylation sites (N-methyl/N-ethyl adjacent to an activating group) is 1. The standard InChI is InChI=1S/C26H28ClN3O4S/c1-3-28-26(32)18(2)29(17-19-8-4-11-21(27)16-19)24(31)14-7-15-30-22-12-5-9-20-10-6-13-23(25(20)22)35(30,33)34/h4-6,8-13,16,18H,3,7,14-15,17H2,1-2H3,(H,28,32)/t18-/m0/s1. The molecule has 0 spiro atoms. The van der Waals surface area contributed by atoms with Crippen LogP contribution in [-0.4, -0.2) is 44.3 Å². The van der Waals surface area contributed by atoms with Gasteiger partial charge in [0.25, 0.3) is 10.0 Å². The Morgan fingerprint density at radius 2 is 1.80 bits per heavy atom. The van der Waals surface area contributed by atoms with Crippen LogP contribution in [0.2, 0.25) is 5.02 Å². The third kappa shape index (κ3) is 4.99. The maximum Gasteiger partial charge on any atom is 0.265 e. The predicted molar refractivity (Wildman–Crippen MR) is 138 cm³/mol. The second kappa shape index (κ2) is 10.3. The van der Waals surface area contributed by atoms with Crippen molar-refractivity contribution in [1.29, 1.82) is 0 Å². The minimum absolute atomic E-state index is 0.0999. The van der Waals surface area contributed by atoms with Crippen molar-refractivity contribution in [2.75, 3.05) is 17.4 Å². The normalized spacial score (nSPS) is 14.7. The van der Waals surface area contributed by atoms with E-state index in [-0.39, 0.29) is 31.3 Å². The Balaban J connectivity index is 1.50. The van der Waals surface area contributed by atoms with Gasteiger partial charge in [0.2, 0.25) is 11.8 Å². The number of nitrogens with zero attached hydrogens (tertiary/aromatic N) is 2. The first-order chi connectivity index (χ1) is 16.7. The minimum Gasteiger partial charge on any atom is -0.355 e. The summed E-state index contributed by atoms with van der Waals surface area (Å²) in [5.41, 5.74) is 1.45. The average molecular weight is 514 g/mol. The average Bonchev–Trinajstić information content (AvgIpc) is 3.05. The number of nitrogens with one attached hydrogen (secondary N) is 1. The molecule has 0 unspecified atom stereocenters. The Morgan fingerprint density at radius 1 is 1.09 bits per heavy atom. The summed E-state index contributed by atoms with van der Waals surface area (Å²) in [5, 5.41) is 4.90. The van der Waals surface area contributed by atoms with Gasteiger partial charge in [-0.3, -0.25) is 13.9 Å². The zero-order valence-electron chi connectivity index (χ0n) is 19.7. The molecule has 1 N–H and O–H groups in total. The van der Waals surface area contributed by atoms with Crippen LogP contribution in [0, 0.1) is 0 Å². The lowest BCUT2D eigenvalue weighted by atomic mass is 10.1. The molecule has 0 saturated carbocycles. The van der Waals surface area contributed by atoms with Crippen LogP contribution in [0.4, 0.5) is 5.69 Å². The van der Waals surface area contributed by atoms with E-state index in [1.54, 1.807) is 43.3 Å². The summed E-state index contributed by atoms with van der Waals surface area (Å²) in [6.45, 7) is 4.37. The van der Waals surface area contributed by atoms with Crippen molar-refractivity contribution in [2.24, 2.45) is 0 Å². The van der Waals surface area contributed by atoms with E-state index in [0.29, 0.717) is 34.0 Å². The molecule has 0 radical (unpaired) electrons. The fraction of sp³-hybridized carbons (Fsp3) is 0.308. The third-order valence-electron chi connectivity index (χ3n) is 6.19. The summed E-state index contributed by atoms with van der Waals surface area (Å²) in [4.78, 5) is 27.6. The Hall–Kier alpha value is -3.10. The SMILES string of the molecule is CCNC(=O)[C@H](C)N(Cc1cccc(Cl)c1)C(=O)CCCN1c2cccc3cccc(c23)S1(=O)=O. The Labute approximate surface area is 210 Å². The molecule has 35 heavy (non-hydrogen) atoms. The summed E-state index contributed by atoms with van der Waals surface area (Å²) in [6, 6.07) is 17.2. The van der Waals surface area contributed by atoms with Gasteiger partial charge >= 0.3 is 0 Å². The van der Waals surface area contributed by atoms with Crippen LogP contribution in [0.15, 0.2) is 65.6 Å². The Bertz CT molecular complexity index is 1370. The van der Waals surface area contributed by atoms with E-state index in [2.05, 4.69) is 5.32 Å². The van der Waals surface area contributed by atoms with Crippen molar-refractivity contribution < 1.29 is 18.0 Å². The number of hydrogen-bond acceptors (Lipinski definition) is 4. The summed E-state index contributed by atoms with van der Waals surface area (Å²) in [6.07, 6.45) is 0.416. The van der Waals surface area contributed by atoms with E-state index in [1.165, 1.54) is 9.21 Å². The molecule has 0 bridgehead atoms. The van der Waals surface area contributed by atoms with Crippen molar-refractivity contribution in [2.45, 2.75) is 44.2 Å². The molecule has 0 fully saturated rings. The molecule has 3 aromatic rings. The van der Waals surface area contributed by atoms with E-state index in [4.69, 9.17) is 11.6 Å². The lowest BCUT2D eigenvalue weighted by Crippen LogP contribution is -2.47. The summed E-state index contributed by atoms with van der Waals surface area (Å²) >= 11 is 6.11. The summed E-state index contributed by atoms with van der Waals surface area (Å²) < 4.78 is 27.7. The lowest BCUT2D eigenvalue weighted by Gasteiger charge is -2.29. The maximum absolute atomic E-state index is 13.3. The minimum atomic E-state index is -3.68. The molecule has 1 atom stereocenters. The van der Waals surface area contributed by atoms with Gasteiger partial charge in [0.05, 0.1) is 10.6 Å². The second-order valence-electron chi connectivity index (χ2n) is 8.53. The second-order valence-corrected chi connectivity index (χ2v) is 10.8. The van der Waals surface area contributed by atoms with E-state index < -0.39 is 16.1 Å². The molecule has 9 heteroatoms. The molecule has 1 aliphatic heterocycles. The van der Waals surface area contributed by atoms with Crippen molar-refractivity contribution in [3.05, 3.63) is 71.2 Å². The van der Waals surface area contributed by atoms with Gasteiger partial charge in [-0.25, -0.2) is 8.42 Å². The van der Waals surface area contributed by atoms with Crippen molar-refractivity contribution in [1.82, 2.24) is 10.2 Å². The number of rotatable bonds is 9. The lowest BCUT2D eigenvalue weighted by molar-refractivity contribution is -0.140. The van der Waals surface area contributed by atoms with Crippen LogP contribution in [0.5, 0.6) is 0 Å². The van der Waals surface area contributed by atoms with Crippen LogP contribution in [-0.2, 0) is 26.2 Å². The largest absolute Gasteiger partial charge is 0.355 e. The molecule has 2 amide bonds. The van der Waals surface area contributed by atoms with E-state index in [1.807, 2.05) is 31.2 Å². The molecule has 0 saturated heterocycles. The quantitative estimate of drug-likeness (QED) is 0.461. The molecule has 0 aliphatic carbocycles. The fourth-order valence-electron chi connectivity index (χ4n) is 4.45. The highest BCUT2D eigenvalue weighted by Gasteiger charge is 2.35. The van der Waals surface area contributed by atoms with Crippen LogP contribution >= 0.6 is 11.6 Å². The van der Waals surface area contributed by atoms with Gasteiger partial charge in [-0.15, -0.1) is 0 Å². The van der Waals surface area contributed by atoms with Crippen LogP contribution in [0.3, 0.4) is 0 Å². The topological polar surface area (TPSA) is 86.8 Å². The number of sulfonamides is 1. The van der Waals surface area contributed by atoms with Crippen molar-refractivity contribution in [3.8, 4) is 0 Å². The molecular formula is C26H28ClN3O4S. The van der Waals surface area contributed by atoms with E-state index in [9.17, 15) is 18.0 Å². The van der Waals surface area contributed by atoms with Crippen LogP contribution in [0.25, 0.3) is 10.8 Å². The van der Waals surface area contributed by atoms with Gasteiger partial charge in [-0.05, 0) is 55.5 Å². The van der Waals surface area contributed by atoms with Gasteiger partial charge in [0.15, 0.2) is 0 Å². The van der Waals surface area contributed by atoms with Crippen molar-refractivity contribution in [3.63, 3.8) is 0 Å². The molecular weight excluding hydrogens is 486 g/mol. The van der Waals surface area contributed by atoms with Crippen LogP contribution < -0.4 is 9.62 Å². The van der Waals surface area contributed by atoms with Crippen molar-refractivity contribution >= 4 is 49.9 Å². The van der Waals surface area contributed by atoms with Crippen LogP contribution in [0.1, 0.15) is 32.3 Å². The smallest absolute Gasteiger partial charge is 0.265 e. The zero-order chi connectivity index (χ0) is 25.2. The molecule has 7 nitrogen and oxygen atoms in total. The van der Waals surface area contributed by atoms with E-state index in [0.717, 1.165) is 10.9 Å². The first-order valence-corrected chi connectivity index (χ1v) is 13.4. The number of amides is 2. The monoisotopic (exact) mass is 513 g/mol. The van der Waals surface area contributed by atoms with Gasteiger partial charge in [0, 0.05) is 36.5 Å². The number of anilines is 1. The highest BCUT2D eigenvalue weighted by Crippen LogP contribution is 2.42. The predicted octanol–water partition coefficient (Wildman–Crippen LogP) is 4.34. The molecule has 1 heterocycles. The highest BCUT2D eigenvalue weighted by atomic mass is 35.5. The van der Waals surface area contributed by atoms with E-state index >= 15 is 0 Å². The Morgan fingerprint density at radius 3 is 2.51 bits per heavy atom. The zero-order valence-corrected chi connectivity index (χ0v) is 21.3. The summed E-state index contributed by atoms with van der Waals surface area (Å²) in [5.74, 6) is -0.469. The van der Waals surface area contributed by atoms with Gasteiger partial charge in [0.1, 0.15) is 6.04 Å². The molecule has 4 rings (SSSR count). The highest BCUT2D eigenvalue weighted by molar-refractivity contribution is 7.93. The van der Waals surface area contributed by atoms with Gasteiger partial charge < -0.3 is 10.2 Å². The molecule has 0 aromatic heterocycles. The number of carbonyl (C=O) groups is 2. The molecule has 3 aromatic carbocycles. The number of hydrogen-bond donors (Lipinski definition) is 1. The van der Waals surface area contributed by atoms with Gasteiger partial charge in [-0.1, -0.05) is 48.0 Å². The fourth-order valence-corrected chi connectivity index (χ4v) is 6.41. The number of benzene rings is 3.